The van der Waals surface area contributed by atoms with Crippen LogP contribution in [0.4, 0.5) is 0 Å². The highest BCUT2D eigenvalue weighted by Crippen LogP contribution is 2.30. The molecule has 0 spiro atoms. The van der Waals surface area contributed by atoms with Crippen LogP contribution < -0.4 is 10.1 Å². The van der Waals surface area contributed by atoms with E-state index in [0.29, 0.717) is 32.3 Å². The Kier molecular flexibility index (Phi) is 11.2. The first-order chi connectivity index (χ1) is 16.3. The van der Waals surface area contributed by atoms with Crippen LogP contribution >= 0.6 is 24.0 Å². The highest BCUT2D eigenvalue weighted by Gasteiger charge is 2.27. The number of benzene rings is 3. The zero-order valence-electron chi connectivity index (χ0n) is 19.3. The second kappa shape index (κ2) is 14.3. The zero-order chi connectivity index (χ0) is 22.7. The number of nitrogens with one attached hydrogen (secondary N) is 1. The van der Waals surface area contributed by atoms with Crippen molar-refractivity contribution in [3.8, 4) is 5.75 Å². The molecule has 4 rings (SSSR count). The van der Waals surface area contributed by atoms with Gasteiger partial charge >= 0.3 is 0 Å². The molecule has 0 radical (unpaired) electrons. The van der Waals surface area contributed by atoms with E-state index >= 15 is 0 Å². The van der Waals surface area contributed by atoms with Gasteiger partial charge in [-0.2, -0.15) is 0 Å². The molecule has 1 heterocycles. The van der Waals surface area contributed by atoms with Gasteiger partial charge in [-0.3, -0.25) is 0 Å². The Labute approximate surface area is 214 Å². The Morgan fingerprint density at radius 2 is 1.56 bits per heavy atom. The van der Waals surface area contributed by atoms with E-state index in [0.717, 1.165) is 42.3 Å². The third kappa shape index (κ3) is 8.30. The number of halogens is 2. The monoisotopic (exact) mass is 501 g/mol. The van der Waals surface area contributed by atoms with E-state index in [-0.39, 0.29) is 18.5 Å². The first-order valence-electron chi connectivity index (χ1n) is 11.7. The minimum atomic E-state index is 0. The number of rotatable bonds is 11. The molecule has 0 amide bonds. The van der Waals surface area contributed by atoms with Crippen LogP contribution in [0, 0.1) is 0 Å². The fourth-order valence-corrected chi connectivity index (χ4v) is 4.22. The molecule has 1 aliphatic rings. The first-order valence-corrected chi connectivity index (χ1v) is 12.1. The Morgan fingerprint density at radius 3 is 2.32 bits per heavy atom. The van der Waals surface area contributed by atoms with Crippen LogP contribution in [0.1, 0.15) is 35.4 Å². The van der Waals surface area contributed by atoms with Crippen LogP contribution in [0.3, 0.4) is 0 Å². The molecule has 2 atom stereocenters. The van der Waals surface area contributed by atoms with Crippen LogP contribution in [-0.2, 0) is 22.7 Å². The van der Waals surface area contributed by atoms with Crippen LogP contribution in [0.5, 0.6) is 5.75 Å². The smallest absolute Gasteiger partial charge is 0.119 e. The maximum atomic E-state index is 6.29. The van der Waals surface area contributed by atoms with Crippen LogP contribution in [0.25, 0.3) is 0 Å². The largest absolute Gasteiger partial charge is 0.494 e. The summed E-state index contributed by atoms with van der Waals surface area (Å²) in [6, 6.07) is 26.6. The summed E-state index contributed by atoms with van der Waals surface area (Å²) in [5.41, 5.74) is 3.64. The maximum absolute atomic E-state index is 6.29. The summed E-state index contributed by atoms with van der Waals surface area (Å²) >= 11 is 5.99. The summed E-state index contributed by atoms with van der Waals surface area (Å²) in [5, 5.41) is 4.21. The fourth-order valence-electron chi connectivity index (χ4n) is 4.10. The van der Waals surface area contributed by atoms with Gasteiger partial charge in [0, 0.05) is 23.9 Å². The standard InChI is InChI=1S/C28H32ClNO3.ClH/c29-25-11-7-23(8-12-25)21-33-28-19-30-16-15-27(28)24-9-13-26(14-10-24)32-18-4-17-31-20-22-5-2-1-3-6-22;/h1-3,5-14,27-28,30H,4,15-21H2;1H. The van der Waals surface area contributed by atoms with Gasteiger partial charge in [-0.25, -0.2) is 0 Å². The third-order valence-electron chi connectivity index (χ3n) is 5.93. The van der Waals surface area contributed by atoms with Crippen molar-refractivity contribution in [2.45, 2.75) is 38.1 Å². The molecule has 3 aromatic carbocycles. The summed E-state index contributed by atoms with van der Waals surface area (Å²) in [6.07, 6.45) is 2.07. The number of ether oxygens (including phenoxy) is 3. The normalized spacial score (nSPS) is 17.7. The fraction of sp³-hybridized carbons (Fsp3) is 0.357. The summed E-state index contributed by atoms with van der Waals surface area (Å²) in [6.45, 7) is 4.44. The van der Waals surface area contributed by atoms with Gasteiger partial charge in [0.1, 0.15) is 5.75 Å². The minimum absolute atomic E-state index is 0. The molecule has 182 valence electrons. The lowest BCUT2D eigenvalue weighted by Gasteiger charge is -2.32. The number of hydrogen-bond acceptors (Lipinski definition) is 4. The second-order valence-corrected chi connectivity index (χ2v) is 8.82. The summed E-state index contributed by atoms with van der Waals surface area (Å²) < 4.78 is 17.9. The maximum Gasteiger partial charge on any atom is 0.119 e. The third-order valence-corrected chi connectivity index (χ3v) is 6.18. The van der Waals surface area contributed by atoms with Crippen molar-refractivity contribution in [3.05, 3.63) is 101 Å². The van der Waals surface area contributed by atoms with Crippen molar-refractivity contribution < 1.29 is 14.2 Å². The molecular weight excluding hydrogens is 469 g/mol. The van der Waals surface area contributed by atoms with E-state index in [1.807, 2.05) is 42.5 Å². The van der Waals surface area contributed by atoms with Crippen molar-refractivity contribution in [1.82, 2.24) is 5.32 Å². The van der Waals surface area contributed by atoms with Crippen LogP contribution in [0.2, 0.25) is 5.02 Å². The van der Waals surface area contributed by atoms with Crippen molar-refractivity contribution in [2.75, 3.05) is 26.3 Å². The highest BCUT2D eigenvalue weighted by atomic mass is 35.5. The lowest BCUT2D eigenvalue weighted by atomic mass is 9.87. The summed E-state index contributed by atoms with van der Waals surface area (Å²) in [5.74, 6) is 1.27. The van der Waals surface area contributed by atoms with Gasteiger partial charge in [-0.15, -0.1) is 12.4 Å². The quantitative estimate of drug-likeness (QED) is 0.308. The Bertz CT molecular complexity index is 952. The van der Waals surface area contributed by atoms with Gasteiger partial charge in [0.25, 0.3) is 0 Å². The second-order valence-electron chi connectivity index (χ2n) is 8.38. The first kappa shape index (κ1) is 26.5. The molecule has 0 saturated carbocycles. The van der Waals surface area contributed by atoms with E-state index in [2.05, 4.69) is 41.7 Å². The molecule has 6 heteroatoms. The molecule has 4 nitrogen and oxygen atoms in total. The van der Waals surface area contributed by atoms with Crippen molar-refractivity contribution in [2.24, 2.45) is 0 Å². The van der Waals surface area contributed by atoms with Crippen LogP contribution in [-0.4, -0.2) is 32.4 Å². The molecule has 1 fully saturated rings. The van der Waals surface area contributed by atoms with Crippen LogP contribution in [0.15, 0.2) is 78.9 Å². The zero-order valence-corrected chi connectivity index (χ0v) is 20.9. The van der Waals surface area contributed by atoms with E-state index in [1.165, 1.54) is 11.1 Å². The van der Waals surface area contributed by atoms with E-state index < -0.39 is 0 Å². The highest BCUT2D eigenvalue weighted by molar-refractivity contribution is 6.30. The molecule has 0 aliphatic carbocycles. The topological polar surface area (TPSA) is 39.7 Å². The molecule has 0 aromatic heterocycles. The Hall–Kier alpha value is -2.08. The number of piperidine rings is 1. The van der Waals surface area contributed by atoms with Crippen molar-refractivity contribution in [1.29, 1.82) is 0 Å². The molecule has 1 aliphatic heterocycles. The average molecular weight is 502 g/mol. The Balaban J connectivity index is 0.00000324. The van der Waals surface area contributed by atoms with Gasteiger partial charge in [0.15, 0.2) is 0 Å². The van der Waals surface area contributed by atoms with Gasteiger partial charge in [0.2, 0.25) is 0 Å². The molecule has 34 heavy (non-hydrogen) atoms. The molecule has 3 aromatic rings. The van der Waals surface area contributed by atoms with E-state index in [9.17, 15) is 0 Å². The summed E-state index contributed by atoms with van der Waals surface area (Å²) in [4.78, 5) is 0. The predicted octanol–water partition coefficient (Wildman–Crippen LogP) is 6.41. The molecular formula is C28H33Cl2NO3. The lowest BCUT2D eigenvalue weighted by Crippen LogP contribution is -2.40. The van der Waals surface area contributed by atoms with E-state index in [1.54, 1.807) is 0 Å². The minimum Gasteiger partial charge on any atom is -0.494 e. The molecule has 0 bridgehead atoms. The van der Waals surface area contributed by atoms with Crippen molar-refractivity contribution >= 4 is 24.0 Å². The van der Waals surface area contributed by atoms with Gasteiger partial charge in [0.05, 0.1) is 32.5 Å². The number of hydrogen-bond donors (Lipinski definition) is 1. The molecule has 1 N–H and O–H groups in total. The summed E-state index contributed by atoms with van der Waals surface area (Å²) in [7, 11) is 0. The predicted molar refractivity (Wildman–Crippen MR) is 140 cm³/mol. The lowest BCUT2D eigenvalue weighted by molar-refractivity contribution is 0.0106. The van der Waals surface area contributed by atoms with E-state index in [4.69, 9.17) is 25.8 Å². The van der Waals surface area contributed by atoms with Crippen molar-refractivity contribution in [3.63, 3.8) is 0 Å². The molecule has 1 saturated heterocycles. The Morgan fingerprint density at radius 1 is 0.824 bits per heavy atom. The van der Waals surface area contributed by atoms with Gasteiger partial charge in [-0.05, 0) is 53.9 Å². The van der Waals surface area contributed by atoms with Gasteiger partial charge < -0.3 is 19.5 Å². The van der Waals surface area contributed by atoms with Gasteiger partial charge in [-0.1, -0.05) is 66.2 Å². The molecule has 2 unspecified atom stereocenters. The SMILES string of the molecule is Cl.Clc1ccc(COC2CNCCC2c2ccc(OCCCOCc3ccccc3)cc2)cc1. The average Bonchev–Trinajstić information content (AvgIpc) is 2.87.